The fraction of sp³-hybridized carbons (Fsp3) is 0.467. The molecule has 0 aliphatic carbocycles. The normalized spacial score (nSPS) is 23.2. The molecule has 0 spiro atoms. The van der Waals surface area contributed by atoms with Crippen molar-refractivity contribution in [3.8, 4) is 0 Å². The number of amides is 1. The van der Waals surface area contributed by atoms with E-state index >= 15 is 0 Å². The second-order valence-corrected chi connectivity index (χ2v) is 5.12. The van der Waals surface area contributed by atoms with Crippen LogP contribution in [0.25, 0.3) is 0 Å². The minimum absolute atomic E-state index is 0.228. The molecule has 3 N–H and O–H groups in total. The first-order valence-corrected chi connectivity index (χ1v) is 6.93. The van der Waals surface area contributed by atoms with Crippen molar-refractivity contribution in [3.05, 3.63) is 35.9 Å². The van der Waals surface area contributed by atoms with Gasteiger partial charge in [-0.1, -0.05) is 37.3 Å². The molecule has 1 saturated heterocycles. The lowest BCUT2D eigenvalue weighted by molar-refractivity contribution is -0.143. The molecule has 108 valence electrons. The molecule has 5 nitrogen and oxygen atoms in total. The molecule has 1 aliphatic heterocycles. The molecule has 1 aliphatic rings. The van der Waals surface area contributed by atoms with Crippen molar-refractivity contribution in [3.63, 3.8) is 0 Å². The Kier molecular flexibility index (Phi) is 4.39. The van der Waals surface area contributed by atoms with Crippen LogP contribution in [0.5, 0.6) is 0 Å². The molecule has 1 aromatic rings. The van der Waals surface area contributed by atoms with Crippen LogP contribution in [0, 0.1) is 0 Å². The number of nitrogens with one attached hydrogen (secondary N) is 2. The number of hydrogen-bond donors (Lipinski definition) is 3. The Morgan fingerprint density at radius 1 is 1.40 bits per heavy atom. The van der Waals surface area contributed by atoms with Crippen LogP contribution in [-0.4, -0.2) is 29.1 Å². The number of rotatable bonds is 5. The van der Waals surface area contributed by atoms with Gasteiger partial charge in [0.25, 0.3) is 0 Å². The highest BCUT2D eigenvalue weighted by Crippen LogP contribution is 2.24. The van der Waals surface area contributed by atoms with Crippen molar-refractivity contribution >= 4 is 11.9 Å². The maximum absolute atomic E-state index is 12.4. The summed E-state index contributed by atoms with van der Waals surface area (Å²) in [4.78, 5) is 23.9. The lowest BCUT2D eigenvalue weighted by Gasteiger charge is -2.28. The Bertz CT molecular complexity index is 481. The summed E-state index contributed by atoms with van der Waals surface area (Å²) in [7, 11) is 0. The van der Waals surface area contributed by atoms with E-state index in [1.54, 1.807) is 24.3 Å². The first-order valence-electron chi connectivity index (χ1n) is 6.93. The van der Waals surface area contributed by atoms with Crippen molar-refractivity contribution < 1.29 is 14.7 Å². The van der Waals surface area contributed by atoms with Gasteiger partial charge in [-0.2, -0.15) is 0 Å². The van der Waals surface area contributed by atoms with E-state index in [2.05, 4.69) is 10.6 Å². The maximum atomic E-state index is 12.4. The molecule has 0 saturated carbocycles. The molecule has 1 fully saturated rings. The van der Waals surface area contributed by atoms with Crippen molar-refractivity contribution in [2.24, 2.45) is 0 Å². The van der Waals surface area contributed by atoms with Crippen LogP contribution in [0.2, 0.25) is 0 Å². The summed E-state index contributed by atoms with van der Waals surface area (Å²) in [5, 5.41) is 15.2. The average Bonchev–Trinajstić information content (AvgIpc) is 2.95. The largest absolute Gasteiger partial charge is 0.479 e. The molecule has 1 unspecified atom stereocenters. The highest BCUT2D eigenvalue weighted by atomic mass is 16.4. The maximum Gasteiger partial charge on any atom is 0.330 e. The van der Waals surface area contributed by atoms with Gasteiger partial charge in [0.1, 0.15) is 0 Å². The first kappa shape index (κ1) is 14.5. The van der Waals surface area contributed by atoms with Crippen molar-refractivity contribution in [1.82, 2.24) is 10.6 Å². The van der Waals surface area contributed by atoms with Gasteiger partial charge in [-0.25, -0.2) is 4.79 Å². The minimum Gasteiger partial charge on any atom is -0.479 e. The van der Waals surface area contributed by atoms with Crippen LogP contribution >= 0.6 is 0 Å². The van der Waals surface area contributed by atoms with E-state index in [9.17, 15) is 14.7 Å². The molecule has 1 heterocycles. The monoisotopic (exact) mass is 276 g/mol. The van der Waals surface area contributed by atoms with Crippen LogP contribution in [0.4, 0.5) is 0 Å². The zero-order valence-electron chi connectivity index (χ0n) is 11.6. The quantitative estimate of drug-likeness (QED) is 0.761. The summed E-state index contributed by atoms with van der Waals surface area (Å²) in [5.41, 5.74) is -0.0414. The van der Waals surface area contributed by atoms with E-state index in [0.717, 1.165) is 19.4 Å². The van der Waals surface area contributed by atoms with E-state index in [0.29, 0.717) is 12.0 Å². The van der Waals surface area contributed by atoms with Gasteiger partial charge in [0.15, 0.2) is 6.04 Å². The topological polar surface area (TPSA) is 78.4 Å². The standard InChI is InChI=1S/C15H20N2O3/c1-2-15(9-6-10-16-15)14(20)17-12(13(18)19)11-7-4-3-5-8-11/h3-5,7-8,12,16H,2,6,9-10H2,1H3,(H,17,20)(H,18,19)/t12-,15?/m0/s1. The summed E-state index contributed by atoms with van der Waals surface area (Å²) in [5.74, 6) is -1.28. The Morgan fingerprint density at radius 3 is 2.60 bits per heavy atom. The number of benzene rings is 1. The number of aliphatic carboxylic acids is 1. The summed E-state index contributed by atoms with van der Waals surface area (Å²) >= 11 is 0. The molecular weight excluding hydrogens is 256 g/mol. The first-order chi connectivity index (χ1) is 9.59. The van der Waals surface area contributed by atoms with E-state index in [4.69, 9.17) is 0 Å². The lowest BCUT2D eigenvalue weighted by Crippen LogP contribution is -2.54. The predicted molar refractivity (Wildman–Crippen MR) is 75.2 cm³/mol. The molecule has 0 bridgehead atoms. The molecule has 0 aromatic heterocycles. The number of carbonyl (C=O) groups excluding carboxylic acids is 1. The van der Waals surface area contributed by atoms with E-state index in [1.807, 2.05) is 13.0 Å². The van der Waals surface area contributed by atoms with Crippen molar-refractivity contribution in [1.29, 1.82) is 0 Å². The van der Waals surface area contributed by atoms with Gasteiger partial charge in [0, 0.05) is 0 Å². The van der Waals surface area contributed by atoms with Crippen LogP contribution in [-0.2, 0) is 9.59 Å². The number of carboxylic acid groups (broad SMARTS) is 1. The van der Waals surface area contributed by atoms with Crippen LogP contribution in [0.3, 0.4) is 0 Å². The predicted octanol–water partition coefficient (Wildman–Crippen LogP) is 1.46. The fourth-order valence-electron chi connectivity index (χ4n) is 2.66. The molecule has 1 amide bonds. The molecule has 2 rings (SSSR count). The van der Waals surface area contributed by atoms with Crippen molar-refractivity contribution in [2.45, 2.75) is 37.8 Å². The Morgan fingerprint density at radius 2 is 2.10 bits per heavy atom. The molecule has 0 radical (unpaired) electrons. The SMILES string of the molecule is CCC1(C(=O)N[C@H](C(=O)O)c2ccccc2)CCCN1. The average molecular weight is 276 g/mol. The van der Waals surface area contributed by atoms with Gasteiger partial charge in [-0.05, 0) is 31.4 Å². The molecule has 2 atom stereocenters. The van der Waals surface area contributed by atoms with Gasteiger partial charge < -0.3 is 15.7 Å². The van der Waals surface area contributed by atoms with Gasteiger partial charge in [-0.3, -0.25) is 4.79 Å². The van der Waals surface area contributed by atoms with Crippen molar-refractivity contribution in [2.75, 3.05) is 6.54 Å². The fourth-order valence-corrected chi connectivity index (χ4v) is 2.66. The van der Waals surface area contributed by atoms with Gasteiger partial charge >= 0.3 is 5.97 Å². The third-order valence-corrected chi connectivity index (χ3v) is 3.94. The zero-order chi connectivity index (χ0) is 14.6. The Hall–Kier alpha value is -1.88. The van der Waals surface area contributed by atoms with Gasteiger partial charge in [0.2, 0.25) is 5.91 Å². The second kappa shape index (κ2) is 6.05. The number of carboxylic acids is 1. The molecule has 5 heteroatoms. The van der Waals surface area contributed by atoms with E-state index < -0.39 is 17.6 Å². The minimum atomic E-state index is -1.05. The molecule has 20 heavy (non-hydrogen) atoms. The third-order valence-electron chi connectivity index (χ3n) is 3.94. The van der Waals surface area contributed by atoms with Gasteiger partial charge in [0.05, 0.1) is 5.54 Å². The smallest absolute Gasteiger partial charge is 0.330 e. The summed E-state index contributed by atoms with van der Waals surface area (Å²) in [6, 6.07) is 7.76. The van der Waals surface area contributed by atoms with Crippen LogP contribution < -0.4 is 10.6 Å². The Labute approximate surface area is 118 Å². The molecular formula is C15H20N2O3. The third kappa shape index (κ3) is 2.82. The molecule has 1 aromatic carbocycles. The summed E-state index contributed by atoms with van der Waals surface area (Å²) in [6.45, 7) is 2.74. The lowest BCUT2D eigenvalue weighted by atomic mass is 9.92. The highest BCUT2D eigenvalue weighted by molar-refractivity contribution is 5.90. The van der Waals surface area contributed by atoms with Crippen LogP contribution in [0.1, 0.15) is 37.8 Å². The summed E-state index contributed by atoms with van der Waals surface area (Å²) in [6.07, 6.45) is 2.33. The van der Waals surface area contributed by atoms with Crippen LogP contribution in [0.15, 0.2) is 30.3 Å². The van der Waals surface area contributed by atoms with E-state index in [1.165, 1.54) is 0 Å². The second-order valence-electron chi connectivity index (χ2n) is 5.12. The number of hydrogen-bond acceptors (Lipinski definition) is 3. The van der Waals surface area contributed by atoms with Gasteiger partial charge in [-0.15, -0.1) is 0 Å². The highest BCUT2D eigenvalue weighted by Gasteiger charge is 2.40. The number of carbonyl (C=O) groups is 2. The zero-order valence-corrected chi connectivity index (χ0v) is 11.6. The Balaban J connectivity index is 2.17. The summed E-state index contributed by atoms with van der Waals surface area (Å²) < 4.78 is 0. The van der Waals surface area contributed by atoms with E-state index in [-0.39, 0.29) is 5.91 Å².